The average molecular weight is 193 g/mol. The van der Waals surface area contributed by atoms with Gasteiger partial charge in [0.1, 0.15) is 5.92 Å². The summed E-state index contributed by atoms with van der Waals surface area (Å²) in [5.74, 6) is -1.37. The number of rotatable bonds is 6. The van der Waals surface area contributed by atoms with Gasteiger partial charge in [0.2, 0.25) is 6.35 Å². The molecule has 0 heterocycles. The molecule has 0 saturated carbocycles. The van der Waals surface area contributed by atoms with Gasteiger partial charge in [-0.3, -0.25) is 4.79 Å². The molecule has 1 N–H and O–H groups in total. The number of hydrogen-bond acceptors (Lipinski definition) is 3. The van der Waals surface area contributed by atoms with Crippen molar-refractivity contribution in [3.63, 3.8) is 0 Å². The molecule has 0 aliphatic heterocycles. The molecule has 5 heteroatoms. The van der Waals surface area contributed by atoms with Gasteiger partial charge in [-0.05, 0) is 6.42 Å². The van der Waals surface area contributed by atoms with Crippen LogP contribution in [-0.4, -0.2) is 30.7 Å². The Morgan fingerprint density at radius 3 is 2.58 bits per heavy atom. The summed E-state index contributed by atoms with van der Waals surface area (Å²) in [4.78, 5) is 10.5. The fourth-order valence-electron chi connectivity index (χ4n) is 0.824. The number of aliphatic carboxylic acids is 1. The van der Waals surface area contributed by atoms with Gasteiger partial charge >= 0.3 is 13.8 Å². The van der Waals surface area contributed by atoms with E-state index in [1.807, 2.05) is 0 Å². The zero-order valence-corrected chi connectivity index (χ0v) is 8.21. The van der Waals surface area contributed by atoms with Gasteiger partial charge in [-0.25, -0.2) is 0 Å². The Kier molecular flexibility index (Phi) is 5.85. The molecular formula is C7H14O4P+. The zero-order valence-electron chi connectivity index (χ0n) is 7.32. The summed E-state index contributed by atoms with van der Waals surface area (Å²) >= 11 is 0. The Bertz CT molecular complexity index is 169. The van der Waals surface area contributed by atoms with E-state index < -0.39 is 19.7 Å². The van der Waals surface area contributed by atoms with Gasteiger partial charge in [0.25, 0.3) is 0 Å². The maximum absolute atomic E-state index is 11.1. The van der Waals surface area contributed by atoms with Crippen molar-refractivity contribution in [2.75, 3.05) is 19.6 Å². The highest BCUT2D eigenvalue weighted by molar-refractivity contribution is 7.44. The van der Waals surface area contributed by atoms with Crippen molar-refractivity contribution in [1.82, 2.24) is 0 Å². The van der Waals surface area contributed by atoms with Gasteiger partial charge in [-0.1, -0.05) is 11.5 Å². The third kappa shape index (κ3) is 4.42. The van der Waals surface area contributed by atoms with Gasteiger partial charge in [-0.15, -0.1) is 0 Å². The van der Waals surface area contributed by atoms with E-state index in [0.717, 1.165) is 0 Å². The average Bonchev–Trinajstić information content (AvgIpc) is 2.00. The lowest BCUT2D eigenvalue weighted by atomic mass is 10.1. The summed E-state index contributed by atoms with van der Waals surface area (Å²) in [6, 6.07) is 0. The lowest BCUT2D eigenvalue weighted by Gasteiger charge is -2.00. The second kappa shape index (κ2) is 6.09. The van der Waals surface area contributed by atoms with Crippen LogP contribution in [0.1, 0.15) is 13.3 Å². The molecular weight excluding hydrogens is 179 g/mol. The van der Waals surface area contributed by atoms with E-state index in [4.69, 9.17) is 5.11 Å². The van der Waals surface area contributed by atoms with Crippen molar-refractivity contribution in [1.29, 1.82) is 0 Å². The summed E-state index contributed by atoms with van der Waals surface area (Å²) < 4.78 is 15.7. The third-order valence-corrected chi connectivity index (χ3v) is 2.93. The molecule has 0 aliphatic rings. The number of carbonyl (C=O) groups is 1. The van der Waals surface area contributed by atoms with Crippen molar-refractivity contribution >= 4 is 13.8 Å². The molecule has 4 nitrogen and oxygen atoms in total. The second-order valence-electron chi connectivity index (χ2n) is 2.53. The van der Waals surface area contributed by atoms with E-state index in [9.17, 15) is 9.36 Å². The third-order valence-electron chi connectivity index (χ3n) is 1.54. The Morgan fingerprint density at radius 2 is 2.25 bits per heavy atom. The van der Waals surface area contributed by atoms with Crippen LogP contribution < -0.4 is 0 Å². The number of carboxylic acid groups (broad SMARTS) is 1. The van der Waals surface area contributed by atoms with E-state index in [1.54, 1.807) is 6.92 Å². The molecule has 2 atom stereocenters. The minimum atomic E-state index is -1.51. The van der Waals surface area contributed by atoms with E-state index in [1.165, 1.54) is 7.11 Å². The highest BCUT2D eigenvalue weighted by atomic mass is 31.1. The summed E-state index contributed by atoms with van der Waals surface area (Å²) in [6.07, 6.45) is 0.883. The molecule has 0 aromatic rings. The fraction of sp³-hybridized carbons (Fsp3) is 0.857. The molecule has 0 fully saturated rings. The lowest BCUT2D eigenvalue weighted by molar-refractivity contribution is -0.141. The molecule has 12 heavy (non-hydrogen) atoms. The van der Waals surface area contributed by atoms with Crippen LogP contribution in [0.2, 0.25) is 0 Å². The maximum atomic E-state index is 11.1. The molecule has 0 spiro atoms. The van der Waals surface area contributed by atoms with Crippen LogP contribution in [0.15, 0.2) is 0 Å². The molecule has 2 unspecified atom stereocenters. The standard InChI is InChI=1S/C7H13O4P/c1-3-6(7(8)9)4-12(10)5-11-2/h6H,3-5H2,1-2H3/p+1. The van der Waals surface area contributed by atoms with Gasteiger partial charge in [-0.2, -0.15) is 0 Å². The zero-order chi connectivity index (χ0) is 9.56. The number of hydrogen-bond donors (Lipinski definition) is 1. The van der Waals surface area contributed by atoms with Crippen LogP contribution in [0.3, 0.4) is 0 Å². The Balaban J connectivity index is 3.85. The quantitative estimate of drug-likeness (QED) is 0.649. The number of methoxy groups -OCH3 is 1. The van der Waals surface area contributed by atoms with Crippen LogP contribution in [0, 0.1) is 5.92 Å². The number of ether oxygens (including phenoxy) is 1. The smallest absolute Gasteiger partial charge is 0.367 e. The molecule has 0 aromatic carbocycles. The van der Waals surface area contributed by atoms with Crippen LogP contribution in [0.4, 0.5) is 0 Å². The number of carboxylic acids is 1. The fourth-order valence-corrected chi connectivity index (χ4v) is 2.12. The molecule has 0 radical (unpaired) electrons. The van der Waals surface area contributed by atoms with Crippen molar-refractivity contribution in [2.45, 2.75) is 13.3 Å². The minimum absolute atomic E-state index is 0.152. The van der Waals surface area contributed by atoms with Gasteiger partial charge in [0.15, 0.2) is 6.16 Å². The first kappa shape index (κ1) is 11.5. The highest BCUT2D eigenvalue weighted by Gasteiger charge is 2.26. The Morgan fingerprint density at radius 1 is 1.67 bits per heavy atom. The normalized spacial score (nSPS) is 14.0. The predicted molar refractivity (Wildman–Crippen MR) is 45.8 cm³/mol. The molecule has 0 aliphatic carbocycles. The summed E-state index contributed by atoms with van der Waals surface area (Å²) in [7, 11) is -0.0580. The molecule has 0 saturated heterocycles. The van der Waals surface area contributed by atoms with Crippen LogP contribution in [0.5, 0.6) is 0 Å². The van der Waals surface area contributed by atoms with Gasteiger partial charge in [0.05, 0.1) is 0 Å². The predicted octanol–water partition coefficient (Wildman–Crippen LogP) is 1.53. The van der Waals surface area contributed by atoms with Gasteiger partial charge < -0.3 is 9.84 Å². The second-order valence-corrected chi connectivity index (χ2v) is 4.11. The van der Waals surface area contributed by atoms with Crippen molar-refractivity contribution < 1.29 is 19.2 Å². The van der Waals surface area contributed by atoms with E-state index >= 15 is 0 Å². The van der Waals surface area contributed by atoms with E-state index in [2.05, 4.69) is 4.74 Å². The molecule has 0 amide bonds. The first-order valence-electron chi connectivity index (χ1n) is 3.75. The van der Waals surface area contributed by atoms with Crippen molar-refractivity contribution in [2.24, 2.45) is 5.92 Å². The molecule has 70 valence electrons. The van der Waals surface area contributed by atoms with E-state index in [0.29, 0.717) is 6.42 Å². The Hall–Kier alpha value is -0.470. The van der Waals surface area contributed by atoms with Crippen LogP contribution >= 0.6 is 7.80 Å². The largest absolute Gasteiger partial charge is 0.481 e. The van der Waals surface area contributed by atoms with Crippen LogP contribution in [0.25, 0.3) is 0 Å². The molecule has 0 aromatic heterocycles. The summed E-state index contributed by atoms with van der Waals surface area (Å²) in [5.41, 5.74) is 0. The maximum Gasteiger partial charge on any atom is 0.367 e. The van der Waals surface area contributed by atoms with Crippen LogP contribution in [-0.2, 0) is 14.1 Å². The van der Waals surface area contributed by atoms with Crippen molar-refractivity contribution in [3.05, 3.63) is 0 Å². The monoisotopic (exact) mass is 193 g/mol. The molecule has 0 rings (SSSR count). The van der Waals surface area contributed by atoms with E-state index in [-0.39, 0.29) is 12.5 Å². The molecule has 0 bridgehead atoms. The van der Waals surface area contributed by atoms with Gasteiger partial charge in [0, 0.05) is 7.11 Å². The van der Waals surface area contributed by atoms with Crippen molar-refractivity contribution in [3.8, 4) is 0 Å². The Labute approximate surface area is 72.7 Å². The SMILES string of the molecule is CCC(C[P+](=O)COC)C(=O)O. The summed E-state index contributed by atoms with van der Waals surface area (Å²) in [6.45, 7) is 1.77. The summed E-state index contributed by atoms with van der Waals surface area (Å²) in [5, 5.41) is 8.62. The topological polar surface area (TPSA) is 63.6 Å². The first-order chi connectivity index (χ1) is 5.61. The lowest BCUT2D eigenvalue weighted by Crippen LogP contribution is -2.15. The minimum Gasteiger partial charge on any atom is -0.481 e. The first-order valence-corrected chi connectivity index (χ1v) is 5.38. The highest BCUT2D eigenvalue weighted by Crippen LogP contribution is 2.25.